The second kappa shape index (κ2) is 10.9. The van der Waals surface area contributed by atoms with Gasteiger partial charge < -0.3 is 20.9 Å². The minimum Gasteiger partial charge on any atom is -0.382 e. The van der Waals surface area contributed by atoms with Gasteiger partial charge in [0.1, 0.15) is 35.4 Å². The second-order valence-electron chi connectivity index (χ2n) is 7.03. The number of hydrogen-bond donors (Lipinski definition) is 3. The smallest absolute Gasteiger partial charge is 0.191 e. The fourth-order valence-electron chi connectivity index (χ4n) is 3.27. The predicted molar refractivity (Wildman–Crippen MR) is 120 cm³/mol. The Morgan fingerprint density at radius 2 is 2.00 bits per heavy atom. The maximum Gasteiger partial charge on any atom is 0.191 e. The molecule has 0 fully saturated rings. The standard InChI is InChI=1S/C21H27FN10/c1-3-19-29-28-14-31(19)12-11-27-21(25-2)26-10-4-5-18-17(13-23)20(24)32(30-18)16-8-6-15(22)7-9-16/h6-9,14H,3-5,10-12,24H2,1-2H3,(H2,25,26,27). The number of hydrogen-bond acceptors (Lipinski definition) is 6. The van der Waals surface area contributed by atoms with Crippen LogP contribution in [0.15, 0.2) is 35.6 Å². The summed E-state index contributed by atoms with van der Waals surface area (Å²) in [4.78, 5) is 4.22. The van der Waals surface area contributed by atoms with Crippen molar-refractivity contribution in [2.75, 3.05) is 25.9 Å². The zero-order chi connectivity index (χ0) is 22.9. The Balaban J connectivity index is 1.50. The van der Waals surface area contributed by atoms with Crippen molar-refractivity contribution in [3.63, 3.8) is 0 Å². The number of nitrogens with two attached hydrogens (primary N) is 1. The highest BCUT2D eigenvalue weighted by Crippen LogP contribution is 2.21. The van der Waals surface area contributed by atoms with Gasteiger partial charge in [-0.05, 0) is 37.1 Å². The molecule has 0 aliphatic carbocycles. The van der Waals surface area contributed by atoms with Crippen LogP contribution < -0.4 is 16.4 Å². The minimum absolute atomic E-state index is 0.250. The van der Waals surface area contributed by atoms with Crippen LogP contribution in [0.4, 0.5) is 10.2 Å². The van der Waals surface area contributed by atoms with Crippen molar-refractivity contribution in [1.82, 2.24) is 35.2 Å². The van der Waals surface area contributed by atoms with Crippen molar-refractivity contribution >= 4 is 11.8 Å². The lowest BCUT2D eigenvalue weighted by Crippen LogP contribution is -2.39. The molecule has 0 saturated heterocycles. The van der Waals surface area contributed by atoms with Crippen LogP contribution in [0, 0.1) is 17.1 Å². The van der Waals surface area contributed by atoms with Crippen molar-refractivity contribution in [2.45, 2.75) is 32.7 Å². The summed E-state index contributed by atoms with van der Waals surface area (Å²) in [6, 6.07) is 7.93. The Kier molecular flexibility index (Phi) is 7.75. The van der Waals surface area contributed by atoms with Gasteiger partial charge in [-0.3, -0.25) is 4.99 Å². The molecule has 0 aliphatic heterocycles. The molecule has 0 bridgehead atoms. The third kappa shape index (κ3) is 5.40. The number of guanidine groups is 1. The van der Waals surface area contributed by atoms with Crippen molar-refractivity contribution < 1.29 is 4.39 Å². The first kappa shape index (κ1) is 22.7. The van der Waals surface area contributed by atoms with Crippen molar-refractivity contribution in [3.05, 3.63) is 53.5 Å². The highest BCUT2D eigenvalue weighted by Gasteiger charge is 2.16. The summed E-state index contributed by atoms with van der Waals surface area (Å²) in [5, 5.41) is 28.5. The average Bonchev–Trinajstić information content (AvgIpc) is 3.39. The topological polar surface area (TPSA) is 135 Å². The van der Waals surface area contributed by atoms with E-state index in [0.717, 1.165) is 25.2 Å². The van der Waals surface area contributed by atoms with Crippen LogP contribution in [0.5, 0.6) is 0 Å². The Morgan fingerprint density at radius 1 is 1.25 bits per heavy atom. The van der Waals surface area contributed by atoms with Crippen molar-refractivity contribution in [2.24, 2.45) is 4.99 Å². The highest BCUT2D eigenvalue weighted by molar-refractivity contribution is 5.79. The van der Waals surface area contributed by atoms with Crippen LogP contribution in [-0.2, 0) is 19.4 Å². The van der Waals surface area contributed by atoms with Gasteiger partial charge in [-0.1, -0.05) is 6.92 Å². The van der Waals surface area contributed by atoms with E-state index in [1.54, 1.807) is 25.5 Å². The zero-order valence-corrected chi connectivity index (χ0v) is 18.2. The fraction of sp³-hybridized carbons (Fsp3) is 0.381. The van der Waals surface area contributed by atoms with Crippen LogP contribution >= 0.6 is 0 Å². The number of aliphatic imine (C=N–C) groups is 1. The largest absolute Gasteiger partial charge is 0.382 e. The lowest BCUT2D eigenvalue weighted by Gasteiger charge is -2.12. The van der Waals surface area contributed by atoms with E-state index < -0.39 is 0 Å². The number of nitrogen functional groups attached to an aromatic ring is 1. The Bertz CT molecular complexity index is 1090. The van der Waals surface area contributed by atoms with Gasteiger partial charge in [0.15, 0.2) is 5.96 Å². The Labute approximate surface area is 186 Å². The van der Waals surface area contributed by atoms with Gasteiger partial charge in [0.2, 0.25) is 0 Å². The molecule has 0 unspecified atom stereocenters. The van der Waals surface area contributed by atoms with E-state index in [-0.39, 0.29) is 11.6 Å². The van der Waals surface area contributed by atoms with Crippen LogP contribution in [0.2, 0.25) is 0 Å². The molecular weight excluding hydrogens is 411 g/mol. The lowest BCUT2D eigenvalue weighted by molar-refractivity contribution is 0.626. The third-order valence-corrected chi connectivity index (χ3v) is 4.94. The molecule has 1 aromatic carbocycles. The number of nitrogens with zero attached hydrogens (tertiary/aromatic N) is 7. The lowest BCUT2D eigenvalue weighted by atomic mass is 10.1. The number of halogens is 1. The zero-order valence-electron chi connectivity index (χ0n) is 18.2. The molecule has 0 amide bonds. The van der Waals surface area contributed by atoms with E-state index in [1.807, 2.05) is 11.5 Å². The molecule has 4 N–H and O–H groups in total. The quantitative estimate of drug-likeness (QED) is 0.261. The maximum atomic E-state index is 13.2. The number of aryl methyl sites for hydroxylation is 2. The third-order valence-electron chi connectivity index (χ3n) is 4.94. The molecule has 0 aliphatic rings. The van der Waals surface area contributed by atoms with Gasteiger partial charge in [0.05, 0.1) is 11.4 Å². The van der Waals surface area contributed by atoms with E-state index in [1.165, 1.54) is 16.8 Å². The molecule has 3 rings (SSSR count). The predicted octanol–water partition coefficient (Wildman–Crippen LogP) is 1.42. The summed E-state index contributed by atoms with van der Waals surface area (Å²) >= 11 is 0. The van der Waals surface area contributed by atoms with E-state index in [9.17, 15) is 9.65 Å². The van der Waals surface area contributed by atoms with Gasteiger partial charge in [-0.15, -0.1) is 10.2 Å². The SMILES string of the molecule is CCc1nncn1CCNC(=NC)NCCCc1nn(-c2ccc(F)cc2)c(N)c1C#N. The monoisotopic (exact) mass is 438 g/mol. The van der Waals surface area contributed by atoms with Gasteiger partial charge in [-0.25, -0.2) is 9.07 Å². The first-order valence-electron chi connectivity index (χ1n) is 10.4. The summed E-state index contributed by atoms with van der Waals surface area (Å²) < 4.78 is 16.7. The molecule has 2 heterocycles. The summed E-state index contributed by atoms with van der Waals surface area (Å²) in [7, 11) is 1.71. The molecule has 0 radical (unpaired) electrons. The summed E-state index contributed by atoms with van der Waals surface area (Å²) in [5.74, 6) is 1.54. The number of rotatable bonds is 9. The maximum absolute atomic E-state index is 13.2. The molecule has 168 valence electrons. The van der Waals surface area contributed by atoms with E-state index in [0.29, 0.717) is 42.4 Å². The van der Waals surface area contributed by atoms with Crippen LogP contribution in [0.3, 0.4) is 0 Å². The average molecular weight is 439 g/mol. The Hall–Kier alpha value is -3.94. The number of anilines is 1. The first-order valence-corrected chi connectivity index (χ1v) is 10.4. The minimum atomic E-state index is -0.346. The second-order valence-corrected chi connectivity index (χ2v) is 7.03. The molecule has 32 heavy (non-hydrogen) atoms. The summed E-state index contributed by atoms with van der Waals surface area (Å²) in [6.45, 7) is 4.10. The van der Waals surface area contributed by atoms with Gasteiger partial charge in [0, 0.05) is 33.1 Å². The first-order chi connectivity index (χ1) is 15.6. The number of benzene rings is 1. The molecule has 0 saturated carbocycles. The summed E-state index contributed by atoms with van der Waals surface area (Å²) in [5.41, 5.74) is 7.66. The van der Waals surface area contributed by atoms with Crippen LogP contribution in [-0.4, -0.2) is 50.6 Å². The molecule has 10 nitrogen and oxygen atoms in total. The number of aromatic nitrogens is 5. The molecular formula is C21H27FN10. The van der Waals surface area contributed by atoms with E-state index >= 15 is 0 Å². The molecule has 2 aromatic heterocycles. The number of nitriles is 1. The highest BCUT2D eigenvalue weighted by atomic mass is 19.1. The van der Waals surface area contributed by atoms with E-state index in [4.69, 9.17) is 5.73 Å². The number of nitrogens with one attached hydrogen (secondary N) is 2. The molecule has 11 heteroatoms. The van der Waals surface area contributed by atoms with Crippen molar-refractivity contribution in [1.29, 1.82) is 5.26 Å². The van der Waals surface area contributed by atoms with Gasteiger partial charge >= 0.3 is 0 Å². The molecule has 3 aromatic rings. The molecule has 0 atom stereocenters. The van der Waals surface area contributed by atoms with Crippen LogP contribution in [0.1, 0.15) is 30.4 Å². The van der Waals surface area contributed by atoms with Gasteiger partial charge in [0.25, 0.3) is 0 Å². The summed E-state index contributed by atoms with van der Waals surface area (Å²) in [6.07, 6.45) is 3.84. The van der Waals surface area contributed by atoms with Crippen LogP contribution in [0.25, 0.3) is 5.69 Å². The molecule has 0 spiro atoms. The fourth-order valence-corrected chi connectivity index (χ4v) is 3.27. The van der Waals surface area contributed by atoms with E-state index in [2.05, 4.69) is 37.0 Å². The normalized spacial score (nSPS) is 11.4. The van der Waals surface area contributed by atoms with Gasteiger partial charge in [-0.2, -0.15) is 10.4 Å². The Morgan fingerprint density at radius 3 is 2.69 bits per heavy atom. The van der Waals surface area contributed by atoms with Crippen molar-refractivity contribution in [3.8, 4) is 11.8 Å².